The number of pyridine rings is 1. The fourth-order valence-electron chi connectivity index (χ4n) is 2.34. The second kappa shape index (κ2) is 5.21. The number of fused-ring (bicyclic) bond motifs is 1. The second-order valence-electron chi connectivity index (χ2n) is 4.98. The minimum absolute atomic E-state index is 0.737. The summed E-state index contributed by atoms with van der Waals surface area (Å²) in [5.74, 6) is 0. The van der Waals surface area contributed by atoms with E-state index in [1.165, 1.54) is 11.1 Å². The van der Waals surface area contributed by atoms with Crippen molar-refractivity contribution in [2.24, 2.45) is 0 Å². The van der Waals surface area contributed by atoms with E-state index in [2.05, 4.69) is 41.5 Å². The topological polar surface area (TPSA) is 50.9 Å². The van der Waals surface area contributed by atoms with Crippen molar-refractivity contribution in [3.8, 4) is 0 Å². The minimum Gasteiger partial charge on any atom is -0.399 e. The van der Waals surface area contributed by atoms with Gasteiger partial charge in [-0.15, -0.1) is 0 Å². The molecule has 3 N–H and O–H groups in total. The molecule has 0 unspecified atom stereocenters. The molecule has 3 aromatic rings. The number of hydrogen-bond acceptors (Lipinski definition) is 3. The number of nitrogens with zero attached hydrogens (tertiary/aromatic N) is 1. The van der Waals surface area contributed by atoms with Crippen molar-refractivity contribution in [2.45, 2.75) is 13.5 Å². The van der Waals surface area contributed by atoms with Gasteiger partial charge in [-0.3, -0.25) is 4.98 Å². The first-order valence-electron chi connectivity index (χ1n) is 6.66. The van der Waals surface area contributed by atoms with Gasteiger partial charge in [-0.1, -0.05) is 29.8 Å². The average molecular weight is 263 g/mol. The zero-order valence-corrected chi connectivity index (χ0v) is 11.4. The maximum atomic E-state index is 5.80. The van der Waals surface area contributed by atoms with E-state index < -0.39 is 0 Å². The molecule has 0 aliphatic heterocycles. The summed E-state index contributed by atoms with van der Waals surface area (Å²) < 4.78 is 0. The molecule has 0 fully saturated rings. The molecular formula is C17H17N3. The van der Waals surface area contributed by atoms with Crippen LogP contribution in [0.3, 0.4) is 0 Å². The van der Waals surface area contributed by atoms with Gasteiger partial charge in [0.15, 0.2) is 0 Å². The van der Waals surface area contributed by atoms with Gasteiger partial charge in [-0.25, -0.2) is 0 Å². The summed E-state index contributed by atoms with van der Waals surface area (Å²) in [7, 11) is 0. The highest BCUT2D eigenvalue weighted by molar-refractivity contribution is 5.92. The Morgan fingerprint density at radius 1 is 1.10 bits per heavy atom. The number of benzene rings is 2. The van der Waals surface area contributed by atoms with Gasteiger partial charge in [0, 0.05) is 29.5 Å². The molecule has 0 amide bonds. The highest BCUT2D eigenvalue weighted by Gasteiger charge is 2.02. The highest BCUT2D eigenvalue weighted by atomic mass is 14.9. The van der Waals surface area contributed by atoms with Crippen LogP contribution in [-0.2, 0) is 6.54 Å². The summed E-state index contributed by atoms with van der Waals surface area (Å²) in [4.78, 5) is 4.35. The van der Waals surface area contributed by atoms with Crippen molar-refractivity contribution in [1.82, 2.24) is 4.98 Å². The highest BCUT2D eigenvalue weighted by Crippen LogP contribution is 2.23. The number of nitrogen functional groups attached to an aromatic ring is 1. The Morgan fingerprint density at radius 2 is 2.00 bits per heavy atom. The number of nitrogens with one attached hydrogen (secondary N) is 1. The van der Waals surface area contributed by atoms with Crippen LogP contribution >= 0.6 is 0 Å². The lowest BCUT2D eigenvalue weighted by Gasteiger charge is -2.10. The Labute approximate surface area is 118 Å². The molecule has 0 saturated carbocycles. The third-order valence-electron chi connectivity index (χ3n) is 3.33. The number of rotatable bonds is 3. The number of anilines is 2. The molecule has 0 bridgehead atoms. The van der Waals surface area contributed by atoms with Crippen molar-refractivity contribution >= 4 is 22.3 Å². The SMILES string of the molecule is Cc1cccc(CNc2ccnc3cc(N)ccc23)c1. The largest absolute Gasteiger partial charge is 0.399 e. The maximum absolute atomic E-state index is 5.80. The van der Waals surface area contributed by atoms with Crippen LogP contribution in [-0.4, -0.2) is 4.98 Å². The third-order valence-corrected chi connectivity index (χ3v) is 3.33. The zero-order chi connectivity index (χ0) is 13.9. The van der Waals surface area contributed by atoms with E-state index in [-0.39, 0.29) is 0 Å². The van der Waals surface area contributed by atoms with Crippen molar-refractivity contribution in [1.29, 1.82) is 0 Å². The van der Waals surface area contributed by atoms with Crippen LogP contribution in [0.1, 0.15) is 11.1 Å². The Morgan fingerprint density at radius 3 is 2.85 bits per heavy atom. The lowest BCUT2D eigenvalue weighted by Crippen LogP contribution is -2.00. The van der Waals surface area contributed by atoms with Crippen molar-refractivity contribution in [3.05, 3.63) is 65.9 Å². The Balaban J connectivity index is 1.87. The summed E-state index contributed by atoms with van der Waals surface area (Å²) in [5, 5.41) is 4.56. The average Bonchev–Trinajstić information content (AvgIpc) is 2.44. The summed E-state index contributed by atoms with van der Waals surface area (Å²) in [6.45, 7) is 2.90. The molecule has 100 valence electrons. The molecular weight excluding hydrogens is 246 g/mol. The molecule has 0 aliphatic carbocycles. The lowest BCUT2D eigenvalue weighted by molar-refractivity contribution is 1.14. The monoisotopic (exact) mass is 263 g/mol. The van der Waals surface area contributed by atoms with Gasteiger partial charge in [-0.05, 0) is 36.8 Å². The van der Waals surface area contributed by atoms with Gasteiger partial charge >= 0.3 is 0 Å². The predicted molar refractivity (Wildman–Crippen MR) is 84.7 cm³/mol. The van der Waals surface area contributed by atoms with Gasteiger partial charge < -0.3 is 11.1 Å². The normalized spacial score (nSPS) is 10.7. The van der Waals surface area contributed by atoms with Crippen LogP contribution in [0.25, 0.3) is 10.9 Å². The molecule has 0 saturated heterocycles. The van der Waals surface area contributed by atoms with Crippen LogP contribution in [0.2, 0.25) is 0 Å². The van der Waals surface area contributed by atoms with E-state index in [0.717, 1.165) is 28.8 Å². The quantitative estimate of drug-likeness (QED) is 0.708. The molecule has 0 aliphatic rings. The van der Waals surface area contributed by atoms with Crippen LogP contribution < -0.4 is 11.1 Å². The van der Waals surface area contributed by atoms with Crippen LogP contribution in [0.15, 0.2) is 54.7 Å². The Hall–Kier alpha value is -2.55. The standard InChI is InChI=1S/C17H17N3/c1-12-3-2-4-13(9-12)11-20-16-7-8-19-17-10-14(18)5-6-15(16)17/h2-10H,11,18H2,1H3,(H,19,20). The summed E-state index contributed by atoms with van der Waals surface area (Å²) in [5.41, 5.74) is 11.1. The molecule has 0 radical (unpaired) electrons. The first-order valence-corrected chi connectivity index (χ1v) is 6.66. The van der Waals surface area contributed by atoms with Crippen LogP contribution in [0.4, 0.5) is 11.4 Å². The van der Waals surface area contributed by atoms with E-state index in [1.807, 2.05) is 24.3 Å². The fraction of sp³-hybridized carbons (Fsp3) is 0.118. The first kappa shape index (κ1) is 12.5. The molecule has 0 spiro atoms. The molecule has 0 atom stereocenters. The van der Waals surface area contributed by atoms with E-state index in [4.69, 9.17) is 5.73 Å². The first-order chi connectivity index (χ1) is 9.72. The van der Waals surface area contributed by atoms with Crippen LogP contribution in [0, 0.1) is 6.92 Å². The number of hydrogen-bond donors (Lipinski definition) is 2. The molecule has 2 aromatic carbocycles. The molecule has 20 heavy (non-hydrogen) atoms. The Kier molecular flexibility index (Phi) is 3.25. The smallest absolute Gasteiger partial charge is 0.0743 e. The van der Waals surface area contributed by atoms with Crippen molar-refractivity contribution in [3.63, 3.8) is 0 Å². The molecule has 3 nitrogen and oxygen atoms in total. The third kappa shape index (κ3) is 2.57. The molecule has 3 heteroatoms. The van der Waals surface area contributed by atoms with E-state index >= 15 is 0 Å². The number of aryl methyl sites for hydroxylation is 1. The summed E-state index contributed by atoms with van der Waals surface area (Å²) in [6, 6.07) is 16.3. The Bertz CT molecular complexity index is 750. The van der Waals surface area contributed by atoms with Gasteiger partial charge in [0.05, 0.1) is 5.52 Å². The second-order valence-corrected chi connectivity index (χ2v) is 4.98. The van der Waals surface area contributed by atoms with E-state index in [1.54, 1.807) is 6.20 Å². The fourth-order valence-corrected chi connectivity index (χ4v) is 2.34. The molecule has 1 aromatic heterocycles. The summed E-state index contributed by atoms with van der Waals surface area (Å²) >= 11 is 0. The van der Waals surface area contributed by atoms with Gasteiger partial charge in [0.2, 0.25) is 0 Å². The van der Waals surface area contributed by atoms with Gasteiger partial charge in [0.1, 0.15) is 0 Å². The van der Waals surface area contributed by atoms with Gasteiger partial charge in [-0.2, -0.15) is 0 Å². The predicted octanol–water partition coefficient (Wildman–Crippen LogP) is 3.74. The number of nitrogens with two attached hydrogens (primary N) is 1. The van der Waals surface area contributed by atoms with E-state index in [9.17, 15) is 0 Å². The molecule has 3 rings (SSSR count). The van der Waals surface area contributed by atoms with E-state index in [0.29, 0.717) is 0 Å². The summed E-state index contributed by atoms with van der Waals surface area (Å²) in [6.07, 6.45) is 1.81. The lowest BCUT2D eigenvalue weighted by atomic mass is 10.1. The van der Waals surface area contributed by atoms with Gasteiger partial charge in [0.25, 0.3) is 0 Å². The minimum atomic E-state index is 0.737. The van der Waals surface area contributed by atoms with Crippen LogP contribution in [0.5, 0.6) is 0 Å². The zero-order valence-electron chi connectivity index (χ0n) is 11.4. The molecule has 1 heterocycles. The maximum Gasteiger partial charge on any atom is 0.0743 e. The van der Waals surface area contributed by atoms with Crippen molar-refractivity contribution < 1.29 is 0 Å². The number of aromatic nitrogens is 1. The van der Waals surface area contributed by atoms with Crippen molar-refractivity contribution in [2.75, 3.05) is 11.1 Å².